The molecule has 166 valence electrons. The third-order valence-electron chi connectivity index (χ3n) is 6.09. The molecule has 0 aliphatic carbocycles. The van der Waals surface area contributed by atoms with E-state index >= 15 is 0 Å². The van der Waals surface area contributed by atoms with Gasteiger partial charge in [-0.1, -0.05) is 66.7 Å². The number of para-hydroxylation sites is 1. The van der Waals surface area contributed by atoms with Gasteiger partial charge in [0.2, 0.25) is 0 Å². The molecule has 0 aliphatic heterocycles. The van der Waals surface area contributed by atoms with E-state index in [1.54, 1.807) is 24.7 Å². The fraction of sp³-hybridized carbons (Fsp3) is 0. The van der Waals surface area contributed by atoms with Crippen LogP contribution in [-0.2, 0) is 0 Å². The largest absolute Gasteiger partial charge is 0.272 e. The Morgan fingerprint density at radius 3 is 2.17 bits per heavy atom. The molecule has 0 spiro atoms. The number of nitrogens with zero attached hydrogens (tertiary/aromatic N) is 3. The number of carbonyl (C=O) groups is 1. The molecule has 1 amide bonds. The van der Waals surface area contributed by atoms with Gasteiger partial charge >= 0.3 is 0 Å². The van der Waals surface area contributed by atoms with Gasteiger partial charge in [-0.2, -0.15) is 5.10 Å². The van der Waals surface area contributed by atoms with Crippen LogP contribution >= 0.6 is 0 Å². The lowest BCUT2D eigenvalue weighted by molar-refractivity contribution is 0.0956. The second-order valence-electron chi connectivity index (χ2n) is 8.25. The van der Waals surface area contributed by atoms with E-state index < -0.39 is 0 Å². The lowest BCUT2D eigenvalue weighted by Gasteiger charge is -2.09. The molecule has 0 saturated heterocycles. The van der Waals surface area contributed by atoms with Crippen LogP contribution in [0, 0.1) is 0 Å². The van der Waals surface area contributed by atoms with E-state index in [1.807, 2.05) is 60.7 Å². The molecular formula is C30H20N4O. The summed E-state index contributed by atoms with van der Waals surface area (Å²) in [6.07, 6.45) is 5.18. The number of hydrazone groups is 1. The maximum Gasteiger partial charge on any atom is 0.272 e. The lowest BCUT2D eigenvalue weighted by atomic mass is 9.97. The Bertz CT molecular complexity index is 1690. The Morgan fingerprint density at radius 1 is 0.771 bits per heavy atom. The number of carbonyl (C=O) groups excluding carboxylic acids is 1. The molecule has 0 bridgehead atoms. The van der Waals surface area contributed by atoms with Crippen LogP contribution in [0.25, 0.3) is 43.7 Å². The van der Waals surface area contributed by atoms with Crippen molar-refractivity contribution in [3.63, 3.8) is 0 Å². The van der Waals surface area contributed by atoms with Crippen molar-refractivity contribution in [3.05, 3.63) is 121 Å². The molecule has 5 nitrogen and oxygen atoms in total. The fourth-order valence-electron chi connectivity index (χ4n) is 4.43. The maximum atomic E-state index is 13.3. The van der Waals surface area contributed by atoms with Crippen LogP contribution < -0.4 is 5.43 Å². The highest BCUT2D eigenvalue weighted by Crippen LogP contribution is 2.27. The van der Waals surface area contributed by atoms with Crippen LogP contribution in [0.2, 0.25) is 0 Å². The first kappa shape index (κ1) is 20.7. The summed E-state index contributed by atoms with van der Waals surface area (Å²) in [7, 11) is 0. The van der Waals surface area contributed by atoms with E-state index in [1.165, 1.54) is 0 Å². The normalized spacial score (nSPS) is 11.4. The van der Waals surface area contributed by atoms with Crippen LogP contribution in [0.1, 0.15) is 15.9 Å². The van der Waals surface area contributed by atoms with E-state index in [4.69, 9.17) is 4.98 Å². The number of pyridine rings is 2. The van der Waals surface area contributed by atoms with Gasteiger partial charge in [0.25, 0.3) is 5.91 Å². The molecular weight excluding hydrogens is 432 g/mol. The van der Waals surface area contributed by atoms with E-state index in [9.17, 15) is 4.79 Å². The highest BCUT2D eigenvalue weighted by Gasteiger charge is 2.14. The summed E-state index contributed by atoms with van der Waals surface area (Å²) in [6, 6.07) is 31.7. The molecule has 2 aromatic heterocycles. The summed E-state index contributed by atoms with van der Waals surface area (Å²) in [5, 5.41) is 9.55. The third kappa shape index (κ3) is 3.89. The quantitative estimate of drug-likeness (QED) is 0.192. The van der Waals surface area contributed by atoms with Crippen LogP contribution in [0.5, 0.6) is 0 Å². The van der Waals surface area contributed by atoms with Gasteiger partial charge in [-0.15, -0.1) is 0 Å². The smallest absolute Gasteiger partial charge is 0.267 e. The number of amides is 1. The van der Waals surface area contributed by atoms with Gasteiger partial charge in [-0.3, -0.25) is 9.78 Å². The van der Waals surface area contributed by atoms with Crippen LogP contribution in [0.3, 0.4) is 0 Å². The van der Waals surface area contributed by atoms with Gasteiger partial charge in [0.15, 0.2) is 0 Å². The SMILES string of the molecule is O=C(NN=Cc1c2ccccc2cc2ccccc12)c1cc(-c2cccnc2)nc2ccccc12. The average molecular weight is 453 g/mol. The molecule has 2 heterocycles. The molecule has 0 unspecified atom stereocenters. The van der Waals surface area contributed by atoms with E-state index in [-0.39, 0.29) is 5.91 Å². The predicted molar refractivity (Wildman–Crippen MR) is 141 cm³/mol. The molecule has 0 aliphatic rings. The van der Waals surface area contributed by atoms with Crippen molar-refractivity contribution in [2.24, 2.45) is 5.10 Å². The van der Waals surface area contributed by atoms with E-state index in [2.05, 4.69) is 45.8 Å². The molecule has 1 N–H and O–H groups in total. The van der Waals surface area contributed by atoms with Crippen LogP contribution in [0.15, 0.2) is 115 Å². The standard InChI is InChI=1S/C30H20N4O/c35-30(26-17-29(22-10-7-15-31-18-22)33-28-14-6-5-13-25(26)28)34-32-19-27-23-11-3-1-8-20(23)16-21-9-2-4-12-24(21)27/h1-19H,(H,34,35). The molecule has 0 saturated carbocycles. The molecule has 0 atom stereocenters. The predicted octanol–water partition coefficient (Wildman–Crippen LogP) is 6.37. The Balaban J connectivity index is 1.39. The van der Waals surface area contributed by atoms with Gasteiger partial charge in [-0.25, -0.2) is 10.4 Å². The van der Waals surface area contributed by atoms with Crippen molar-refractivity contribution in [1.29, 1.82) is 0 Å². The number of nitrogens with one attached hydrogen (secondary N) is 1. The molecule has 6 rings (SSSR count). The summed E-state index contributed by atoms with van der Waals surface area (Å²) in [6.45, 7) is 0. The first-order valence-electron chi connectivity index (χ1n) is 11.3. The number of hydrogen-bond donors (Lipinski definition) is 1. The third-order valence-corrected chi connectivity index (χ3v) is 6.09. The van der Waals surface area contributed by atoms with Crippen molar-refractivity contribution in [2.45, 2.75) is 0 Å². The molecule has 4 aromatic carbocycles. The molecule has 6 aromatic rings. The van der Waals surface area contributed by atoms with Crippen molar-refractivity contribution >= 4 is 44.6 Å². The molecule has 35 heavy (non-hydrogen) atoms. The summed E-state index contributed by atoms with van der Waals surface area (Å²) in [5.74, 6) is -0.297. The Labute approximate surface area is 201 Å². The highest BCUT2D eigenvalue weighted by molar-refractivity contribution is 6.14. The monoisotopic (exact) mass is 452 g/mol. The second-order valence-corrected chi connectivity index (χ2v) is 8.25. The van der Waals surface area contributed by atoms with Crippen molar-refractivity contribution in [1.82, 2.24) is 15.4 Å². The van der Waals surface area contributed by atoms with E-state index in [0.29, 0.717) is 11.3 Å². The number of rotatable bonds is 4. The first-order chi connectivity index (χ1) is 17.3. The molecule has 0 radical (unpaired) electrons. The minimum Gasteiger partial charge on any atom is -0.267 e. The minimum absolute atomic E-state index is 0.297. The van der Waals surface area contributed by atoms with Gasteiger partial charge in [0.1, 0.15) is 0 Å². The summed E-state index contributed by atoms with van der Waals surface area (Å²) >= 11 is 0. The number of benzene rings is 4. The van der Waals surface area contributed by atoms with Gasteiger partial charge < -0.3 is 0 Å². The molecule has 5 heteroatoms. The van der Waals surface area contributed by atoms with Crippen LogP contribution in [0.4, 0.5) is 0 Å². The molecule has 0 fully saturated rings. The minimum atomic E-state index is -0.297. The Kier molecular flexibility index (Phi) is 5.20. The Hall–Kier alpha value is -4.90. The maximum absolute atomic E-state index is 13.3. The zero-order valence-electron chi connectivity index (χ0n) is 18.7. The summed E-state index contributed by atoms with van der Waals surface area (Å²) < 4.78 is 0. The van der Waals surface area contributed by atoms with Gasteiger partial charge in [-0.05, 0) is 51.9 Å². The number of fused-ring (bicyclic) bond motifs is 3. The summed E-state index contributed by atoms with van der Waals surface area (Å²) in [4.78, 5) is 22.2. The fourth-order valence-corrected chi connectivity index (χ4v) is 4.43. The second kappa shape index (κ2) is 8.80. The summed E-state index contributed by atoms with van der Waals surface area (Å²) in [5.41, 5.74) is 6.48. The average Bonchev–Trinajstić information content (AvgIpc) is 2.92. The van der Waals surface area contributed by atoms with Crippen molar-refractivity contribution in [2.75, 3.05) is 0 Å². The van der Waals surface area contributed by atoms with Gasteiger partial charge in [0, 0.05) is 28.9 Å². The zero-order valence-corrected chi connectivity index (χ0v) is 18.7. The lowest BCUT2D eigenvalue weighted by Crippen LogP contribution is -2.18. The zero-order chi connectivity index (χ0) is 23.6. The van der Waals surface area contributed by atoms with Crippen LogP contribution in [-0.4, -0.2) is 22.1 Å². The highest BCUT2D eigenvalue weighted by atomic mass is 16.2. The number of hydrogen-bond acceptors (Lipinski definition) is 4. The van der Waals surface area contributed by atoms with Crippen molar-refractivity contribution < 1.29 is 4.79 Å². The van der Waals surface area contributed by atoms with Crippen molar-refractivity contribution in [3.8, 4) is 11.3 Å². The Morgan fingerprint density at radius 2 is 1.46 bits per heavy atom. The number of aromatic nitrogens is 2. The van der Waals surface area contributed by atoms with Gasteiger partial charge in [0.05, 0.1) is 23.0 Å². The topological polar surface area (TPSA) is 67.2 Å². The first-order valence-corrected chi connectivity index (χ1v) is 11.3. The van der Waals surface area contributed by atoms with E-state index in [0.717, 1.165) is 43.6 Å².